The van der Waals surface area contributed by atoms with Crippen molar-refractivity contribution in [2.45, 2.75) is 33.2 Å². The zero-order valence-corrected chi connectivity index (χ0v) is 10.7. The van der Waals surface area contributed by atoms with E-state index in [1.54, 1.807) is 0 Å². The molecule has 0 amide bonds. The van der Waals surface area contributed by atoms with E-state index < -0.39 is 0 Å². The van der Waals surface area contributed by atoms with Gasteiger partial charge in [0.25, 0.3) is 0 Å². The maximum absolute atomic E-state index is 4.65. The highest BCUT2D eigenvalue weighted by Gasteiger charge is 2.05. The second kappa shape index (κ2) is 7.23. The molecule has 1 heterocycles. The van der Waals surface area contributed by atoms with Crippen LogP contribution < -0.4 is 10.2 Å². The van der Waals surface area contributed by atoms with Crippen molar-refractivity contribution >= 4 is 5.82 Å². The minimum absolute atomic E-state index is 0.833. The number of hydrogen-bond acceptors (Lipinski definition) is 3. The van der Waals surface area contributed by atoms with Crippen molar-refractivity contribution in [3.8, 4) is 0 Å². The minimum Gasteiger partial charge on any atom is -0.357 e. The fourth-order valence-electron chi connectivity index (χ4n) is 1.71. The smallest absolute Gasteiger partial charge is 0.128 e. The summed E-state index contributed by atoms with van der Waals surface area (Å²) in [5, 5.41) is 3.13. The highest BCUT2D eigenvalue weighted by Crippen LogP contribution is 2.12. The third-order valence-electron chi connectivity index (χ3n) is 2.64. The molecule has 0 saturated carbocycles. The van der Waals surface area contributed by atoms with Crippen LogP contribution in [0.3, 0.4) is 0 Å². The minimum atomic E-state index is 0.833. The molecule has 3 heteroatoms. The van der Waals surface area contributed by atoms with E-state index in [0.717, 1.165) is 31.1 Å². The monoisotopic (exact) mass is 221 g/mol. The van der Waals surface area contributed by atoms with E-state index in [1.165, 1.54) is 12.8 Å². The van der Waals surface area contributed by atoms with Gasteiger partial charge in [-0.05, 0) is 32.5 Å². The molecule has 16 heavy (non-hydrogen) atoms. The van der Waals surface area contributed by atoms with Gasteiger partial charge in [-0.25, -0.2) is 4.98 Å². The van der Waals surface area contributed by atoms with Crippen molar-refractivity contribution in [1.29, 1.82) is 0 Å². The van der Waals surface area contributed by atoms with Gasteiger partial charge in [0.2, 0.25) is 0 Å². The second-order valence-electron chi connectivity index (χ2n) is 3.95. The topological polar surface area (TPSA) is 28.2 Å². The van der Waals surface area contributed by atoms with Crippen molar-refractivity contribution in [2.24, 2.45) is 0 Å². The molecular formula is C13H23N3. The molecule has 0 atom stereocenters. The van der Waals surface area contributed by atoms with Crippen LogP contribution in [0.4, 0.5) is 5.82 Å². The fraction of sp³-hybridized carbons (Fsp3) is 0.615. The largest absolute Gasteiger partial charge is 0.357 e. The van der Waals surface area contributed by atoms with Gasteiger partial charge in [0.05, 0.1) is 5.69 Å². The molecule has 0 aliphatic rings. The van der Waals surface area contributed by atoms with E-state index in [9.17, 15) is 0 Å². The molecule has 0 aliphatic heterocycles. The summed E-state index contributed by atoms with van der Waals surface area (Å²) in [5.41, 5.74) is 1.11. The lowest BCUT2D eigenvalue weighted by molar-refractivity contribution is 0.717. The molecule has 1 N–H and O–H groups in total. The van der Waals surface area contributed by atoms with Gasteiger partial charge in [-0.2, -0.15) is 0 Å². The summed E-state index contributed by atoms with van der Waals surface area (Å²) in [5.74, 6) is 1.10. The number of nitrogens with one attached hydrogen (secondary N) is 1. The molecule has 0 bridgehead atoms. The van der Waals surface area contributed by atoms with Crippen molar-refractivity contribution in [3.05, 3.63) is 23.9 Å². The van der Waals surface area contributed by atoms with Gasteiger partial charge in [-0.1, -0.05) is 19.4 Å². The molecule has 1 rings (SSSR count). The zero-order chi connectivity index (χ0) is 11.8. The van der Waals surface area contributed by atoms with Crippen LogP contribution in [0.1, 0.15) is 32.4 Å². The fourth-order valence-corrected chi connectivity index (χ4v) is 1.71. The first-order chi connectivity index (χ1) is 7.81. The van der Waals surface area contributed by atoms with Crippen LogP contribution in [0.15, 0.2) is 18.2 Å². The van der Waals surface area contributed by atoms with Crippen molar-refractivity contribution < 1.29 is 0 Å². The quantitative estimate of drug-likeness (QED) is 0.766. The molecule has 0 aliphatic carbocycles. The summed E-state index contributed by atoms with van der Waals surface area (Å²) >= 11 is 0. The van der Waals surface area contributed by atoms with Gasteiger partial charge in [0, 0.05) is 19.6 Å². The van der Waals surface area contributed by atoms with E-state index in [-0.39, 0.29) is 0 Å². The molecule has 0 spiro atoms. The van der Waals surface area contributed by atoms with Gasteiger partial charge in [-0.15, -0.1) is 0 Å². The average molecular weight is 221 g/mol. The molecule has 0 aromatic carbocycles. The first-order valence-corrected chi connectivity index (χ1v) is 6.17. The Labute approximate surface area is 98.9 Å². The van der Waals surface area contributed by atoms with Gasteiger partial charge in [-0.3, -0.25) is 0 Å². The summed E-state index contributed by atoms with van der Waals surface area (Å²) in [7, 11) is 1.95. The van der Waals surface area contributed by atoms with Crippen LogP contribution >= 0.6 is 0 Å². The summed E-state index contributed by atoms with van der Waals surface area (Å²) < 4.78 is 0. The van der Waals surface area contributed by atoms with Gasteiger partial charge in [0.15, 0.2) is 0 Å². The summed E-state index contributed by atoms with van der Waals surface area (Å²) in [6.45, 7) is 7.36. The van der Waals surface area contributed by atoms with Gasteiger partial charge < -0.3 is 10.2 Å². The maximum Gasteiger partial charge on any atom is 0.128 e. The average Bonchev–Trinajstić information content (AvgIpc) is 2.31. The van der Waals surface area contributed by atoms with E-state index in [2.05, 4.69) is 47.2 Å². The molecule has 0 saturated heterocycles. The summed E-state index contributed by atoms with van der Waals surface area (Å²) in [6, 6.07) is 6.25. The first-order valence-electron chi connectivity index (χ1n) is 6.17. The molecular weight excluding hydrogens is 198 g/mol. The maximum atomic E-state index is 4.65. The van der Waals surface area contributed by atoms with E-state index in [0.29, 0.717) is 0 Å². The normalized spacial score (nSPS) is 10.4. The van der Waals surface area contributed by atoms with E-state index >= 15 is 0 Å². The Morgan fingerprint density at radius 3 is 2.75 bits per heavy atom. The molecule has 1 aromatic rings. The van der Waals surface area contributed by atoms with Gasteiger partial charge in [0.1, 0.15) is 5.82 Å². The van der Waals surface area contributed by atoms with Crippen LogP contribution in [0.5, 0.6) is 0 Å². The van der Waals surface area contributed by atoms with Crippen molar-refractivity contribution in [2.75, 3.05) is 25.0 Å². The second-order valence-corrected chi connectivity index (χ2v) is 3.95. The zero-order valence-electron chi connectivity index (χ0n) is 10.7. The summed E-state index contributed by atoms with van der Waals surface area (Å²) in [6.07, 6.45) is 2.46. The van der Waals surface area contributed by atoms with Crippen LogP contribution in [-0.4, -0.2) is 25.1 Å². The third-order valence-corrected chi connectivity index (χ3v) is 2.64. The lowest BCUT2D eigenvalue weighted by atomic mass is 10.3. The van der Waals surface area contributed by atoms with Crippen molar-refractivity contribution in [3.63, 3.8) is 0 Å². The van der Waals surface area contributed by atoms with Crippen LogP contribution in [0, 0.1) is 0 Å². The number of unbranched alkanes of at least 4 members (excludes halogenated alkanes) is 1. The Kier molecular flexibility index (Phi) is 5.86. The number of pyridine rings is 1. The molecule has 0 unspecified atom stereocenters. The van der Waals surface area contributed by atoms with Crippen LogP contribution in [0.25, 0.3) is 0 Å². The Morgan fingerprint density at radius 1 is 1.31 bits per heavy atom. The standard InChI is InChI=1S/C13H23N3/c1-4-6-10-16(5-2)13-9-7-8-12(15-13)11-14-3/h7-9,14H,4-6,10-11H2,1-3H3. The van der Waals surface area contributed by atoms with Crippen molar-refractivity contribution in [1.82, 2.24) is 10.3 Å². The Balaban J connectivity index is 2.71. The number of anilines is 1. The Morgan fingerprint density at radius 2 is 2.12 bits per heavy atom. The highest BCUT2D eigenvalue weighted by atomic mass is 15.2. The molecule has 1 aromatic heterocycles. The van der Waals surface area contributed by atoms with Crippen LogP contribution in [-0.2, 0) is 6.54 Å². The lowest BCUT2D eigenvalue weighted by Crippen LogP contribution is -2.25. The van der Waals surface area contributed by atoms with Gasteiger partial charge >= 0.3 is 0 Å². The first kappa shape index (κ1) is 13.0. The third kappa shape index (κ3) is 3.81. The van der Waals surface area contributed by atoms with E-state index in [1.807, 2.05) is 7.05 Å². The highest BCUT2D eigenvalue weighted by molar-refractivity contribution is 5.38. The number of rotatable bonds is 7. The van der Waals surface area contributed by atoms with E-state index in [4.69, 9.17) is 0 Å². The number of hydrogen-bond donors (Lipinski definition) is 1. The molecule has 0 radical (unpaired) electrons. The molecule has 3 nitrogen and oxygen atoms in total. The predicted octanol–water partition coefficient (Wildman–Crippen LogP) is 2.43. The summed E-state index contributed by atoms with van der Waals surface area (Å²) in [4.78, 5) is 6.99. The number of nitrogens with zero attached hydrogens (tertiary/aromatic N) is 2. The lowest BCUT2D eigenvalue weighted by Gasteiger charge is -2.22. The molecule has 90 valence electrons. The molecule has 0 fully saturated rings. The Hall–Kier alpha value is -1.09. The predicted molar refractivity (Wildman–Crippen MR) is 69.8 cm³/mol. The SMILES string of the molecule is CCCCN(CC)c1cccc(CNC)n1. The Bertz CT molecular complexity index is 299. The van der Waals surface area contributed by atoms with Crippen LogP contribution in [0.2, 0.25) is 0 Å². The number of aromatic nitrogens is 1.